The van der Waals surface area contributed by atoms with E-state index in [1.54, 1.807) is 0 Å². The van der Waals surface area contributed by atoms with E-state index < -0.39 is 0 Å². The Balaban J connectivity index is 2.08. The number of hydrogen-bond acceptors (Lipinski definition) is 3. The number of aryl methyl sites for hydroxylation is 1. The number of carbonyl (C=O) groups excluding carboxylic acids is 1. The summed E-state index contributed by atoms with van der Waals surface area (Å²) in [7, 11) is 1.41. The average molecular weight is 261 g/mol. The molecule has 1 aliphatic carbocycles. The normalized spacial score (nSPS) is 21.2. The SMILES string of the molecule is COC(=O)c1ccc(NC2CCC(C)(C)C2)c(C)c1. The van der Waals surface area contributed by atoms with Gasteiger partial charge in [-0.15, -0.1) is 0 Å². The Bertz CT molecular complexity index is 480. The van der Waals surface area contributed by atoms with Crippen LogP contribution in [0.5, 0.6) is 0 Å². The molecule has 0 heterocycles. The van der Waals surface area contributed by atoms with Crippen LogP contribution < -0.4 is 5.32 Å². The number of methoxy groups -OCH3 is 1. The van der Waals surface area contributed by atoms with Crippen molar-refractivity contribution in [2.24, 2.45) is 5.41 Å². The van der Waals surface area contributed by atoms with Crippen LogP contribution in [0.2, 0.25) is 0 Å². The average Bonchev–Trinajstić information content (AvgIpc) is 2.70. The van der Waals surface area contributed by atoms with Crippen LogP contribution in [-0.4, -0.2) is 19.1 Å². The Morgan fingerprint density at radius 1 is 1.42 bits per heavy atom. The molecule has 0 aromatic heterocycles. The van der Waals surface area contributed by atoms with Crippen LogP contribution >= 0.6 is 0 Å². The Kier molecular flexibility index (Phi) is 3.83. The first-order chi connectivity index (χ1) is 8.91. The zero-order chi connectivity index (χ0) is 14.0. The molecule has 1 unspecified atom stereocenters. The molecule has 0 bridgehead atoms. The van der Waals surface area contributed by atoms with Gasteiger partial charge in [0.25, 0.3) is 0 Å². The van der Waals surface area contributed by atoms with Crippen molar-refractivity contribution in [1.29, 1.82) is 0 Å². The predicted molar refractivity (Wildman–Crippen MR) is 77.6 cm³/mol. The van der Waals surface area contributed by atoms with Crippen LogP contribution in [-0.2, 0) is 4.74 Å². The van der Waals surface area contributed by atoms with Gasteiger partial charge in [0, 0.05) is 11.7 Å². The summed E-state index contributed by atoms with van der Waals surface area (Å²) in [5.41, 5.74) is 3.26. The van der Waals surface area contributed by atoms with Crippen LogP contribution in [0.1, 0.15) is 49.0 Å². The third-order valence-electron chi connectivity index (χ3n) is 3.98. The van der Waals surface area contributed by atoms with Gasteiger partial charge in [0.1, 0.15) is 0 Å². The number of esters is 1. The van der Waals surface area contributed by atoms with Crippen molar-refractivity contribution in [2.75, 3.05) is 12.4 Å². The zero-order valence-electron chi connectivity index (χ0n) is 12.2. The predicted octanol–water partition coefficient (Wildman–Crippen LogP) is 3.77. The number of anilines is 1. The summed E-state index contributed by atoms with van der Waals surface area (Å²) < 4.78 is 4.73. The molecule has 1 N–H and O–H groups in total. The maximum Gasteiger partial charge on any atom is 0.337 e. The molecule has 0 saturated heterocycles. The second-order valence-corrected chi connectivity index (χ2v) is 6.27. The third-order valence-corrected chi connectivity index (χ3v) is 3.98. The molecule has 0 spiro atoms. The fourth-order valence-corrected chi connectivity index (χ4v) is 2.85. The van der Waals surface area contributed by atoms with Crippen molar-refractivity contribution in [3.8, 4) is 0 Å². The van der Waals surface area contributed by atoms with Gasteiger partial charge in [0.15, 0.2) is 0 Å². The Morgan fingerprint density at radius 3 is 2.68 bits per heavy atom. The lowest BCUT2D eigenvalue weighted by Crippen LogP contribution is -2.18. The molecule has 0 radical (unpaired) electrons. The lowest BCUT2D eigenvalue weighted by molar-refractivity contribution is 0.0600. The molecule has 1 aliphatic rings. The first kappa shape index (κ1) is 13.9. The number of carbonyl (C=O) groups is 1. The van der Waals surface area contributed by atoms with Crippen LogP contribution in [0.25, 0.3) is 0 Å². The first-order valence-corrected chi connectivity index (χ1v) is 6.87. The Morgan fingerprint density at radius 2 is 2.16 bits per heavy atom. The summed E-state index contributed by atoms with van der Waals surface area (Å²) in [6.07, 6.45) is 3.68. The van der Waals surface area contributed by atoms with Crippen molar-refractivity contribution in [2.45, 2.75) is 46.1 Å². The summed E-state index contributed by atoms with van der Waals surface area (Å²) in [4.78, 5) is 11.5. The van der Waals surface area contributed by atoms with Crippen LogP contribution in [0.15, 0.2) is 18.2 Å². The fraction of sp³-hybridized carbons (Fsp3) is 0.562. The van der Waals surface area contributed by atoms with Gasteiger partial charge < -0.3 is 10.1 Å². The van der Waals surface area contributed by atoms with E-state index in [0.29, 0.717) is 17.0 Å². The topological polar surface area (TPSA) is 38.3 Å². The highest BCUT2D eigenvalue weighted by atomic mass is 16.5. The standard InChI is InChI=1S/C16H23NO2/c1-11-9-12(15(18)19-4)5-6-14(11)17-13-7-8-16(2,3)10-13/h5-6,9,13,17H,7-8,10H2,1-4H3. The Hall–Kier alpha value is -1.51. The Labute approximate surface area is 115 Å². The molecular formula is C16H23NO2. The number of nitrogens with one attached hydrogen (secondary N) is 1. The highest BCUT2D eigenvalue weighted by molar-refractivity contribution is 5.90. The van der Waals surface area contributed by atoms with Crippen LogP contribution in [0.4, 0.5) is 5.69 Å². The van der Waals surface area contributed by atoms with E-state index in [1.807, 2.05) is 25.1 Å². The van der Waals surface area contributed by atoms with Crippen molar-refractivity contribution in [3.05, 3.63) is 29.3 Å². The van der Waals surface area contributed by atoms with E-state index in [1.165, 1.54) is 26.4 Å². The van der Waals surface area contributed by atoms with Gasteiger partial charge in [0.05, 0.1) is 12.7 Å². The van der Waals surface area contributed by atoms with E-state index in [4.69, 9.17) is 4.74 Å². The largest absolute Gasteiger partial charge is 0.465 e. The van der Waals surface area contributed by atoms with E-state index in [0.717, 1.165) is 11.3 Å². The van der Waals surface area contributed by atoms with Crippen LogP contribution in [0, 0.1) is 12.3 Å². The van der Waals surface area contributed by atoms with Crippen LogP contribution in [0.3, 0.4) is 0 Å². The lowest BCUT2D eigenvalue weighted by atomic mass is 9.92. The smallest absolute Gasteiger partial charge is 0.337 e. The fourth-order valence-electron chi connectivity index (χ4n) is 2.85. The quantitative estimate of drug-likeness (QED) is 0.842. The van der Waals surface area contributed by atoms with Gasteiger partial charge in [-0.05, 0) is 55.4 Å². The minimum absolute atomic E-state index is 0.281. The lowest BCUT2D eigenvalue weighted by Gasteiger charge is -2.19. The minimum Gasteiger partial charge on any atom is -0.465 e. The maximum atomic E-state index is 11.5. The molecule has 1 atom stereocenters. The van der Waals surface area contributed by atoms with Crippen molar-refractivity contribution in [3.63, 3.8) is 0 Å². The second kappa shape index (κ2) is 5.24. The number of hydrogen-bond donors (Lipinski definition) is 1. The summed E-state index contributed by atoms with van der Waals surface area (Å²) >= 11 is 0. The van der Waals surface area contributed by atoms with Crippen molar-refractivity contribution >= 4 is 11.7 Å². The zero-order valence-corrected chi connectivity index (χ0v) is 12.2. The molecule has 1 saturated carbocycles. The minimum atomic E-state index is -0.281. The summed E-state index contributed by atoms with van der Waals surface area (Å²) in [6, 6.07) is 6.22. The molecule has 0 amide bonds. The van der Waals surface area contributed by atoms with E-state index in [2.05, 4.69) is 19.2 Å². The second-order valence-electron chi connectivity index (χ2n) is 6.27. The van der Waals surface area contributed by atoms with Gasteiger partial charge >= 0.3 is 5.97 Å². The molecule has 104 valence electrons. The van der Waals surface area contributed by atoms with Gasteiger partial charge in [0.2, 0.25) is 0 Å². The first-order valence-electron chi connectivity index (χ1n) is 6.87. The van der Waals surface area contributed by atoms with Gasteiger partial charge in [-0.25, -0.2) is 4.79 Å². The van der Waals surface area contributed by atoms with Gasteiger partial charge in [-0.3, -0.25) is 0 Å². The number of benzene rings is 1. The highest BCUT2D eigenvalue weighted by Gasteiger charge is 2.30. The molecule has 1 fully saturated rings. The number of rotatable bonds is 3. The summed E-state index contributed by atoms with van der Waals surface area (Å²) in [5.74, 6) is -0.281. The number of ether oxygens (including phenoxy) is 1. The van der Waals surface area contributed by atoms with E-state index in [-0.39, 0.29) is 5.97 Å². The molecule has 1 aromatic carbocycles. The van der Waals surface area contributed by atoms with Crippen molar-refractivity contribution in [1.82, 2.24) is 0 Å². The van der Waals surface area contributed by atoms with E-state index in [9.17, 15) is 4.79 Å². The molecule has 3 nitrogen and oxygen atoms in total. The van der Waals surface area contributed by atoms with E-state index >= 15 is 0 Å². The third kappa shape index (κ3) is 3.28. The summed E-state index contributed by atoms with van der Waals surface area (Å²) in [6.45, 7) is 6.67. The molecule has 19 heavy (non-hydrogen) atoms. The van der Waals surface area contributed by atoms with Crippen molar-refractivity contribution < 1.29 is 9.53 Å². The molecule has 3 heteroatoms. The van der Waals surface area contributed by atoms with Gasteiger partial charge in [-0.1, -0.05) is 13.8 Å². The molecular weight excluding hydrogens is 238 g/mol. The molecule has 1 aromatic rings. The van der Waals surface area contributed by atoms with Gasteiger partial charge in [-0.2, -0.15) is 0 Å². The molecule has 2 rings (SSSR count). The maximum absolute atomic E-state index is 11.5. The monoisotopic (exact) mass is 261 g/mol. The highest BCUT2D eigenvalue weighted by Crippen LogP contribution is 2.38. The molecule has 0 aliphatic heterocycles. The summed E-state index contributed by atoms with van der Waals surface area (Å²) in [5, 5.41) is 3.60.